The SMILES string of the molecule is CCCCCCCCCCCCCCCOc1cccc(O[C]=O)c1. The molecule has 141 valence electrons. The van der Waals surface area contributed by atoms with Crippen LogP contribution >= 0.6 is 0 Å². The van der Waals surface area contributed by atoms with E-state index in [0.717, 1.165) is 12.2 Å². The van der Waals surface area contributed by atoms with E-state index in [9.17, 15) is 4.79 Å². The maximum atomic E-state index is 10.2. The number of hydrogen-bond donors (Lipinski definition) is 0. The molecule has 0 saturated carbocycles. The van der Waals surface area contributed by atoms with Crippen LogP contribution in [0.2, 0.25) is 0 Å². The number of rotatable bonds is 17. The largest absolute Gasteiger partial charge is 0.493 e. The topological polar surface area (TPSA) is 35.5 Å². The van der Waals surface area contributed by atoms with Crippen molar-refractivity contribution < 1.29 is 14.3 Å². The Morgan fingerprint density at radius 1 is 0.760 bits per heavy atom. The average Bonchev–Trinajstić information content (AvgIpc) is 2.63. The third-order valence-corrected chi connectivity index (χ3v) is 4.48. The van der Waals surface area contributed by atoms with Crippen molar-refractivity contribution in [1.82, 2.24) is 0 Å². The van der Waals surface area contributed by atoms with Gasteiger partial charge in [-0.3, -0.25) is 0 Å². The summed E-state index contributed by atoms with van der Waals surface area (Å²) in [4.78, 5) is 10.2. The third kappa shape index (κ3) is 12.5. The lowest BCUT2D eigenvalue weighted by Crippen LogP contribution is -1.98. The van der Waals surface area contributed by atoms with Crippen molar-refractivity contribution in [1.29, 1.82) is 0 Å². The Hall–Kier alpha value is -1.51. The van der Waals surface area contributed by atoms with Crippen molar-refractivity contribution in [2.45, 2.75) is 90.4 Å². The van der Waals surface area contributed by atoms with Gasteiger partial charge in [0.1, 0.15) is 11.5 Å². The summed E-state index contributed by atoms with van der Waals surface area (Å²) in [6.45, 7) is 4.41. The van der Waals surface area contributed by atoms with Crippen LogP contribution in [0.5, 0.6) is 11.5 Å². The van der Waals surface area contributed by atoms with Crippen LogP contribution in [0.25, 0.3) is 0 Å². The molecule has 0 amide bonds. The van der Waals surface area contributed by atoms with E-state index in [-0.39, 0.29) is 0 Å². The highest BCUT2D eigenvalue weighted by Gasteiger charge is 1.98. The Bertz CT molecular complexity index is 431. The van der Waals surface area contributed by atoms with Crippen LogP contribution < -0.4 is 9.47 Å². The van der Waals surface area contributed by atoms with E-state index >= 15 is 0 Å². The second-order valence-electron chi connectivity index (χ2n) is 6.75. The molecule has 1 radical (unpaired) electrons. The molecule has 0 aromatic heterocycles. The Balaban J connectivity index is 1.86. The molecule has 25 heavy (non-hydrogen) atoms. The molecule has 0 aliphatic rings. The smallest absolute Gasteiger partial charge is 0.423 e. The highest BCUT2D eigenvalue weighted by Crippen LogP contribution is 2.19. The molecule has 1 aromatic carbocycles. The number of ether oxygens (including phenoxy) is 2. The molecule has 3 nitrogen and oxygen atoms in total. The van der Waals surface area contributed by atoms with Crippen molar-refractivity contribution in [2.75, 3.05) is 6.61 Å². The molecule has 0 spiro atoms. The maximum Gasteiger partial charge on any atom is 0.423 e. The van der Waals surface area contributed by atoms with E-state index in [1.165, 1.54) is 83.5 Å². The molecule has 1 aromatic rings. The lowest BCUT2D eigenvalue weighted by molar-refractivity contribution is 0.303. The van der Waals surface area contributed by atoms with Gasteiger partial charge in [-0.05, 0) is 18.6 Å². The number of carbonyl (C=O) groups excluding carboxylic acids is 1. The summed E-state index contributed by atoms with van der Waals surface area (Å²) in [6.07, 6.45) is 17.5. The lowest BCUT2D eigenvalue weighted by Gasteiger charge is -2.07. The molecule has 3 heteroatoms. The molecule has 0 fully saturated rings. The predicted molar refractivity (Wildman–Crippen MR) is 104 cm³/mol. The standard InChI is InChI=1S/C22H35O3/c1-2-3-4-5-6-7-8-9-10-11-12-13-14-18-24-21-16-15-17-22(19-21)25-20-23/h15-17,19H,2-14,18H2,1H3. The van der Waals surface area contributed by atoms with E-state index in [2.05, 4.69) is 11.7 Å². The summed E-state index contributed by atoms with van der Waals surface area (Å²) in [5.41, 5.74) is 0. The van der Waals surface area contributed by atoms with E-state index in [1.807, 2.05) is 12.1 Å². The first-order valence-electron chi connectivity index (χ1n) is 10.1. The van der Waals surface area contributed by atoms with Crippen LogP contribution in [-0.2, 0) is 4.79 Å². The van der Waals surface area contributed by atoms with Gasteiger partial charge in [0.05, 0.1) is 6.61 Å². The van der Waals surface area contributed by atoms with Crippen LogP contribution in [0.15, 0.2) is 24.3 Å². The fourth-order valence-electron chi connectivity index (χ4n) is 2.99. The number of benzene rings is 1. The van der Waals surface area contributed by atoms with Gasteiger partial charge < -0.3 is 9.47 Å². The van der Waals surface area contributed by atoms with Crippen molar-refractivity contribution in [3.63, 3.8) is 0 Å². The summed E-state index contributed by atoms with van der Waals surface area (Å²) >= 11 is 0. The predicted octanol–water partition coefficient (Wildman–Crippen LogP) is 6.60. The molecular weight excluding hydrogens is 312 g/mol. The second-order valence-corrected chi connectivity index (χ2v) is 6.75. The zero-order valence-electron chi connectivity index (χ0n) is 15.9. The van der Waals surface area contributed by atoms with Crippen molar-refractivity contribution in [2.24, 2.45) is 0 Å². The molecule has 0 aliphatic carbocycles. The first kappa shape index (κ1) is 21.5. The summed E-state index contributed by atoms with van der Waals surface area (Å²) in [7, 11) is 0. The van der Waals surface area contributed by atoms with Crippen LogP contribution in [0, 0.1) is 0 Å². The Morgan fingerprint density at radius 3 is 1.84 bits per heavy atom. The monoisotopic (exact) mass is 347 g/mol. The molecule has 0 saturated heterocycles. The molecule has 0 heterocycles. The minimum absolute atomic E-state index is 0.470. The van der Waals surface area contributed by atoms with E-state index in [1.54, 1.807) is 12.1 Å². The maximum absolute atomic E-state index is 10.2. The quantitative estimate of drug-likeness (QED) is 0.298. The highest BCUT2D eigenvalue weighted by atomic mass is 16.5. The minimum Gasteiger partial charge on any atom is -0.493 e. The van der Waals surface area contributed by atoms with Crippen molar-refractivity contribution >= 4 is 6.47 Å². The van der Waals surface area contributed by atoms with Crippen LogP contribution in [0.4, 0.5) is 0 Å². The molecule has 0 bridgehead atoms. The van der Waals surface area contributed by atoms with Gasteiger partial charge in [0.2, 0.25) is 0 Å². The number of unbranched alkanes of at least 4 members (excludes halogenated alkanes) is 12. The van der Waals surface area contributed by atoms with E-state index < -0.39 is 0 Å². The summed E-state index contributed by atoms with van der Waals surface area (Å²) in [5, 5.41) is 0. The molecule has 0 aliphatic heterocycles. The Kier molecular flexibility index (Phi) is 13.8. The molecule has 0 unspecified atom stereocenters. The molecule has 0 N–H and O–H groups in total. The highest BCUT2D eigenvalue weighted by molar-refractivity contribution is 5.47. The fraction of sp³-hybridized carbons (Fsp3) is 0.682. The lowest BCUT2D eigenvalue weighted by atomic mass is 10.0. The van der Waals surface area contributed by atoms with Gasteiger partial charge in [-0.15, -0.1) is 0 Å². The van der Waals surface area contributed by atoms with Crippen molar-refractivity contribution in [3.8, 4) is 11.5 Å². The van der Waals surface area contributed by atoms with Gasteiger partial charge >= 0.3 is 6.47 Å². The van der Waals surface area contributed by atoms with E-state index in [4.69, 9.17) is 4.74 Å². The van der Waals surface area contributed by atoms with Crippen LogP contribution in [0.3, 0.4) is 0 Å². The van der Waals surface area contributed by atoms with Gasteiger partial charge in [0, 0.05) is 6.07 Å². The van der Waals surface area contributed by atoms with E-state index in [0.29, 0.717) is 12.4 Å². The summed E-state index contributed by atoms with van der Waals surface area (Å²) < 4.78 is 10.4. The Morgan fingerprint density at radius 2 is 1.28 bits per heavy atom. The molecule has 1 rings (SSSR count). The Labute approximate surface area is 154 Å². The van der Waals surface area contributed by atoms with Gasteiger partial charge in [0.15, 0.2) is 0 Å². The normalized spacial score (nSPS) is 10.6. The first-order chi connectivity index (χ1) is 12.4. The zero-order valence-corrected chi connectivity index (χ0v) is 15.9. The summed E-state index contributed by atoms with van der Waals surface area (Å²) in [6, 6.07) is 7.11. The third-order valence-electron chi connectivity index (χ3n) is 4.48. The molecule has 0 atom stereocenters. The van der Waals surface area contributed by atoms with Gasteiger partial charge in [-0.2, -0.15) is 0 Å². The number of hydrogen-bond acceptors (Lipinski definition) is 3. The van der Waals surface area contributed by atoms with Crippen molar-refractivity contribution in [3.05, 3.63) is 24.3 Å². The minimum atomic E-state index is 0.470. The average molecular weight is 348 g/mol. The molecular formula is C22H35O3. The van der Waals surface area contributed by atoms with Gasteiger partial charge in [-0.25, -0.2) is 4.79 Å². The van der Waals surface area contributed by atoms with Gasteiger partial charge in [0.25, 0.3) is 0 Å². The zero-order chi connectivity index (χ0) is 18.0. The second kappa shape index (κ2) is 16.0. The fourth-order valence-corrected chi connectivity index (χ4v) is 2.99. The first-order valence-corrected chi connectivity index (χ1v) is 10.1. The summed E-state index contributed by atoms with van der Waals surface area (Å²) in [5.74, 6) is 1.21. The van der Waals surface area contributed by atoms with Crippen LogP contribution in [-0.4, -0.2) is 13.1 Å². The van der Waals surface area contributed by atoms with Gasteiger partial charge in [-0.1, -0.05) is 90.0 Å². The van der Waals surface area contributed by atoms with Crippen LogP contribution in [0.1, 0.15) is 90.4 Å².